The Morgan fingerprint density at radius 3 is 2.21 bits per heavy atom. The molecule has 1 atom stereocenters. The summed E-state index contributed by atoms with van der Waals surface area (Å²) in [5, 5.41) is 6.56. The van der Waals surface area contributed by atoms with E-state index in [1.54, 1.807) is 49.6 Å². The second-order valence-electron chi connectivity index (χ2n) is 7.66. The highest BCUT2D eigenvalue weighted by molar-refractivity contribution is 6.30. The van der Waals surface area contributed by atoms with Gasteiger partial charge in [-0.2, -0.15) is 5.10 Å². The highest BCUT2D eigenvalue weighted by atomic mass is 35.5. The first-order chi connectivity index (χ1) is 16.4. The summed E-state index contributed by atoms with van der Waals surface area (Å²) in [7, 11) is 3.13. The standard InChI is InChI=1S/C26H23ClN2O5/c1-16(30)29-24(17-6-10-20(32-2)11-7-17)15-23(28-29)22-13-12-21(33-3)14-25(22)34-26(31)18-4-8-19(27)9-5-18/h4-14,24H,15H2,1-3H3. The zero-order chi connectivity index (χ0) is 24.2. The van der Waals surface area contributed by atoms with E-state index in [0.717, 1.165) is 11.3 Å². The third-order valence-corrected chi connectivity index (χ3v) is 5.77. The Balaban J connectivity index is 1.67. The molecule has 8 heteroatoms. The first-order valence-corrected chi connectivity index (χ1v) is 10.9. The Labute approximate surface area is 202 Å². The van der Waals surface area contributed by atoms with E-state index < -0.39 is 5.97 Å². The molecule has 34 heavy (non-hydrogen) atoms. The molecule has 1 aliphatic rings. The van der Waals surface area contributed by atoms with E-state index in [9.17, 15) is 9.59 Å². The number of hydrogen-bond acceptors (Lipinski definition) is 6. The molecule has 0 N–H and O–H groups in total. The minimum absolute atomic E-state index is 0.191. The molecule has 1 aliphatic heterocycles. The predicted octanol–water partition coefficient (Wildman–Crippen LogP) is 5.27. The maximum Gasteiger partial charge on any atom is 0.343 e. The van der Waals surface area contributed by atoms with E-state index in [0.29, 0.717) is 34.0 Å². The summed E-state index contributed by atoms with van der Waals surface area (Å²) in [5.41, 5.74) is 2.50. The van der Waals surface area contributed by atoms with Crippen LogP contribution in [0, 0.1) is 0 Å². The van der Waals surface area contributed by atoms with E-state index in [1.807, 2.05) is 24.3 Å². The molecule has 3 aromatic carbocycles. The van der Waals surface area contributed by atoms with Crippen LogP contribution in [0.15, 0.2) is 71.8 Å². The van der Waals surface area contributed by atoms with Crippen molar-refractivity contribution in [2.24, 2.45) is 5.10 Å². The van der Waals surface area contributed by atoms with Crippen LogP contribution in [0.25, 0.3) is 0 Å². The van der Waals surface area contributed by atoms with Crippen molar-refractivity contribution >= 4 is 29.2 Å². The Morgan fingerprint density at radius 2 is 1.59 bits per heavy atom. The molecular formula is C26H23ClN2O5. The van der Waals surface area contributed by atoms with Crippen LogP contribution in [0.3, 0.4) is 0 Å². The van der Waals surface area contributed by atoms with E-state index in [4.69, 9.17) is 25.8 Å². The Morgan fingerprint density at radius 1 is 0.941 bits per heavy atom. The molecule has 3 aromatic rings. The van der Waals surface area contributed by atoms with Gasteiger partial charge in [0, 0.05) is 30.0 Å². The SMILES string of the molecule is COc1ccc(C2CC(c3ccc(OC)cc3OC(=O)c3ccc(Cl)cc3)=NN2C(C)=O)cc1. The molecular weight excluding hydrogens is 456 g/mol. The molecule has 1 amide bonds. The summed E-state index contributed by atoms with van der Waals surface area (Å²) < 4.78 is 16.3. The van der Waals surface area contributed by atoms with Crippen molar-refractivity contribution in [3.05, 3.63) is 88.4 Å². The quantitative estimate of drug-likeness (QED) is 0.356. The van der Waals surface area contributed by atoms with E-state index >= 15 is 0 Å². The number of benzene rings is 3. The fourth-order valence-electron chi connectivity index (χ4n) is 3.75. The third kappa shape index (κ3) is 4.89. The summed E-state index contributed by atoms with van der Waals surface area (Å²) in [5.74, 6) is 0.807. The molecule has 174 valence electrons. The average Bonchev–Trinajstić information content (AvgIpc) is 3.30. The first kappa shape index (κ1) is 23.3. The van der Waals surface area contributed by atoms with Gasteiger partial charge in [0.05, 0.1) is 31.5 Å². The number of ether oxygens (including phenoxy) is 3. The molecule has 1 unspecified atom stereocenters. The van der Waals surface area contributed by atoms with Crippen LogP contribution in [0.1, 0.15) is 40.9 Å². The van der Waals surface area contributed by atoms with Crippen molar-refractivity contribution in [1.29, 1.82) is 0 Å². The molecule has 0 aliphatic carbocycles. The van der Waals surface area contributed by atoms with Crippen LogP contribution in [0.5, 0.6) is 17.2 Å². The zero-order valence-electron chi connectivity index (χ0n) is 18.9. The lowest BCUT2D eigenvalue weighted by molar-refractivity contribution is -0.130. The van der Waals surface area contributed by atoms with Gasteiger partial charge in [0.25, 0.3) is 0 Å². The van der Waals surface area contributed by atoms with Crippen LogP contribution < -0.4 is 14.2 Å². The molecule has 7 nitrogen and oxygen atoms in total. The normalized spacial score (nSPS) is 15.0. The monoisotopic (exact) mass is 478 g/mol. The van der Waals surface area contributed by atoms with E-state index in [2.05, 4.69) is 5.10 Å². The lowest BCUT2D eigenvalue weighted by Gasteiger charge is -2.20. The summed E-state index contributed by atoms with van der Waals surface area (Å²) in [6.07, 6.45) is 0.448. The summed E-state index contributed by atoms with van der Waals surface area (Å²) >= 11 is 5.92. The van der Waals surface area contributed by atoms with Gasteiger partial charge in [-0.1, -0.05) is 23.7 Å². The highest BCUT2D eigenvalue weighted by Crippen LogP contribution is 2.37. The highest BCUT2D eigenvalue weighted by Gasteiger charge is 2.33. The van der Waals surface area contributed by atoms with Crippen molar-refractivity contribution in [3.63, 3.8) is 0 Å². The van der Waals surface area contributed by atoms with Gasteiger partial charge in [-0.15, -0.1) is 0 Å². The summed E-state index contributed by atoms with van der Waals surface area (Å²) in [6, 6.07) is 18.8. The second-order valence-corrected chi connectivity index (χ2v) is 8.10. The second kappa shape index (κ2) is 9.97. The zero-order valence-corrected chi connectivity index (χ0v) is 19.7. The van der Waals surface area contributed by atoms with E-state index in [1.165, 1.54) is 19.0 Å². The van der Waals surface area contributed by atoms with Gasteiger partial charge in [0.1, 0.15) is 17.2 Å². The average molecular weight is 479 g/mol. The Hall–Kier alpha value is -3.84. The maximum atomic E-state index is 12.8. The Bertz CT molecular complexity index is 1240. The molecule has 0 aromatic heterocycles. The van der Waals surface area contributed by atoms with Crippen molar-refractivity contribution in [1.82, 2.24) is 5.01 Å². The van der Waals surface area contributed by atoms with Crippen molar-refractivity contribution < 1.29 is 23.8 Å². The van der Waals surface area contributed by atoms with Gasteiger partial charge in [-0.3, -0.25) is 4.79 Å². The smallest absolute Gasteiger partial charge is 0.343 e. The molecule has 0 saturated heterocycles. The van der Waals surface area contributed by atoms with Crippen LogP contribution in [-0.2, 0) is 4.79 Å². The molecule has 0 spiro atoms. The number of hydrazone groups is 1. The lowest BCUT2D eigenvalue weighted by atomic mass is 9.97. The van der Waals surface area contributed by atoms with Gasteiger partial charge < -0.3 is 14.2 Å². The molecule has 0 fully saturated rings. The third-order valence-electron chi connectivity index (χ3n) is 5.52. The predicted molar refractivity (Wildman–Crippen MR) is 129 cm³/mol. The van der Waals surface area contributed by atoms with Crippen LogP contribution in [-0.4, -0.2) is 36.8 Å². The summed E-state index contributed by atoms with van der Waals surface area (Å²) in [4.78, 5) is 25.2. The van der Waals surface area contributed by atoms with Crippen molar-refractivity contribution in [2.75, 3.05) is 14.2 Å². The number of carbonyl (C=O) groups is 2. The number of halogens is 1. The first-order valence-electron chi connectivity index (χ1n) is 10.6. The van der Waals surface area contributed by atoms with Gasteiger partial charge in [0.2, 0.25) is 5.91 Å². The van der Waals surface area contributed by atoms with Gasteiger partial charge in [-0.25, -0.2) is 9.80 Å². The maximum absolute atomic E-state index is 12.8. The largest absolute Gasteiger partial charge is 0.497 e. The van der Waals surface area contributed by atoms with Crippen LogP contribution >= 0.6 is 11.6 Å². The molecule has 4 rings (SSSR count). The van der Waals surface area contributed by atoms with Crippen molar-refractivity contribution in [2.45, 2.75) is 19.4 Å². The minimum Gasteiger partial charge on any atom is -0.497 e. The van der Waals surface area contributed by atoms with Crippen LogP contribution in [0.4, 0.5) is 0 Å². The fourth-order valence-corrected chi connectivity index (χ4v) is 3.87. The molecule has 0 radical (unpaired) electrons. The molecule has 1 heterocycles. The number of nitrogens with zero attached hydrogens (tertiary/aromatic N) is 2. The molecule has 0 saturated carbocycles. The summed E-state index contributed by atoms with van der Waals surface area (Å²) in [6.45, 7) is 1.47. The van der Waals surface area contributed by atoms with Crippen molar-refractivity contribution in [3.8, 4) is 17.2 Å². The van der Waals surface area contributed by atoms with E-state index in [-0.39, 0.29) is 17.7 Å². The minimum atomic E-state index is -0.542. The van der Waals surface area contributed by atoms with Gasteiger partial charge in [-0.05, 0) is 54.1 Å². The van der Waals surface area contributed by atoms with Gasteiger partial charge >= 0.3 is 5.97 Å². The Kier molecular flexibility index (Phi) is 6.84. The molecule has 0 bridgehead atoms. The topological polar surface area (TPSA) is 77.4 Å². The van der Waals surface area contributed by atoms with Gasteiger partial charge in [0.15, 0.2) is 0 Å². The number of amides is 1. The van der Waals surface area contributed by atoms with Crippen LogP contribution in [0.2, 0.25) is 5.02 Å². The number of hydrogen-bond donors (Lipinski definition) is 0. The fraction of sp³-hybridized carbons (Fsp3) is 0.192. The number of methoxy groups -OCH3 is 2. The number of esters is 1. The lowest BCUT2D eigenvalue weighted by Crippen LogP contribution is -2.24. The number of rotatable bonds is 6. The number of carbonyl (C=O) groups excluding carboxylic acids is 2.